The quantitative estimate of drug-likeness (QED) is 0.334. The molecule has 0 atom stereocenters. The van der Waals surface area contributed by atoms with Crippen molar-refractivity contribution in [3.8, 4) is 22.5 Å². The van der Waals surface area contributed by atoms with Gasteiger partial charge in [-0.15, -0.1) is 0 Å². The lowest BCUT2D eigenvalue weighted by molar-refractivity contribution is -0.0286. The van der Waals surface area contributed by atoms with E-state index in [0.717, 1.165) is 50.4 Å². The lowest BCUT2D eigenvalue weighted by Crippen LogP contribution is -2.30. The van der Waals surface area contributed by atoms with Gasteiger partial charge >= 0.3 is 0 Å². The number of rotatable bonds is 6. The van der Waals surface area contributed by atoms with E-state index in [4.69, 9.17) is 30.8 Å². The SMILES string of the molecule is Cc1noc(C)c1-c1ccc2nc(-c3cnn(C4COC4)c3)nc(NCc3cccc(Cl)c3)c2c1. The standard InChI is InChI=1S/C26H23ClN6O2/c1-15-24(16(2)35-32-15)18-6-7-23-22(9-18)26(28-10-17-4-3-5-20(27)8-17)31-25(30-23)19-11-29-33(12-19)21-13-34-14-21/h3-9,11-12,21H,10,13-14H2,1-2H3,(H,28,30,31). The molecule has 1 aliphatic rings. The fourth-order valence-corrected chi connectivity index (χ4v) is 4.52. The van der Waals surface area contributed by atoms with E-state index < -0.39 is 0 Å². The van der Waals surface area contributed by atoms with E-state index in [0.29, 0.717) is 30.6 Å². The monoisotopic (exact) mass is 486 g/mol. The van der Waals surface area contributed by atoms with Crippen LogP contribution in [-0.4, -0.2) is 38.1 Å². The Kier molecular flexibility index (Phi) is 5.47. The summed E-state index contributed by atoms with van der Waals surface area (Å²) < 4.78 is 12.6. The number of halogens is 1. The van der Waals surface area contributed by atoms with Crippen molar-refractivity contribution in [1.82, 2.24) is 24.9 Å². The molecule has 6 rings (SSSR count). The molecule has 2 aromatic carbocycles. The predicted octanol–water partition coefficient (Wildman–Crippen LogP) is 5.60. The zero-order valence-corrected chi connectivity index (χ0v) is 20.1. The smallest absolute Gasteiger partial charge is 0.165 e. The fourth-order valence-electron chi connectivity index (χ4n) is 4.30. The van der Waals surface area contributed by atoms with E-state index in [2.05, 4.69) is 21.6 Å². The second kappa shape index (κ2) is 8.79. The van der Waals surface area contributed by atoms with Crippen molar-refractivity contribution in [3.05, 3.63) is 76.9 Å². The first kappa shape index (κ1) is 21.8. The summed E-state index contributed by atoms with van der Waals surface area (Å²) in [6.07, 6.45) is 3.78. The van der Waals surface area contributed by atoms with Gasteiger partial charge in [0.15, 0.2) is 5.82 Å². The number of hydrogen-bond acceptors (Lipinski definition) is 7. The summed E-state index contributed by atoms with van der Waals surface area (Å²) >= 11 is 6.19. The molecule has 0 amide bonds. The van der Waals surface area contributed by atoms with Crippen molar-refractivity contribution in [3.63, 3.8) is 0 Å². The average Bonchev–Trinajstić information content (AvgIpc) is 3.42. The first-order valence-electron chi connectivity index (χ1n) is 11.4. The molecular formula is C26H23ClN6O2. The fraction of sp³-hybridized carbons (Fsp3) is 0.231. The molecule has 0 bridgehead atoms. The summed E-state index contributed by atoms with van der Waals surface area (Å²) in [7, 11) is 0. The van der Waals surface area contributed by atoms with Crippen molar-refractivity contribution in [2.45, 2.75) is 26.4 Å². The first-order chi connectivity index (χ1) is 17.0. The maximum Gasteiger partial charge on any atom is 0.165 e. The summed E-state index contributed by atoms with van der Waals surface area (Å²) in [6, 6.07) is 14.2. The number of nitrogens with zero attached hydrogens (tertiary/aromatic N) is 5. The second-order valence-corrected chi connectivity index (χ2v) is 9.15. The van der Waals surface area contributed by atoms with Gasteiger partial charge in [-0.2, -0.15) is 5.10 Å². The Hall–Kier alpha value is -3.75. The topological polar surface area (TPSA) is 90.9 Å². The highest BCUT2D eigenvalue weighted by molar-refractivity contribution is 6.30. The molecule has 0 aliphatic carbocycles. The highest BCUT2D eigenvalue weighted by Crippen LogP contribution is 2.33. The van der Waals surface area contributed by atoms with Gasteiger partial charge in [0.2, 0.25) is 0 Å². The Bertz CT molecular complexity index is 1520. The highest BCUT2D eigenvalue weighted by Gasteiger charge is 2.22. The Morgan fingerprint density at radius 1 is 1.09 bits per heavy atom. The third-order valence-corrected chi connectivity index (χ3v) is 6.46. The van der Waals surface area contributed by atoms with Crippen molar-refractivity contribution < 1.29 is 9.26 Å². The van der Waals surface area contributed by atoms with Crippen LogP contribution < -0.4 is 5.32 Å². The number of aromatic nitrogens is 5. The lowest BCUT2D eigenvalue weighted by Gasteiger charge is -2.25. The maximum absolute atomic E-state index is 6.19. The number of hydrogen-bond donors (Lipinski definition) is 1. The third-order valence-electron chi connectivity index (χ3n) is 6.22. The zero-order chi connectivity index (χ0) is 23.9. The Balaban J connectivity index is 1.43. The third kappa shape index (κ3) is 4.15. The van der Waals surface area contributed by atoms with Gasteiger partial charge in [-0.05, 0) is 49.2 Å². The van der Waals surface area contributed by atoms with Crippen LogP contribution >= 0.6 is 11.6 Å². The van der Waals surface area contributed by atoms with E-state index in [9.17, 15) is 0 Å². The molecule has 3 aromatic heterocycles. The number of ether oxygens (including phenoxy) is 1. The summed E-state index contributed by atoms with van der Waals surface area (Å²) in [5.41, 5.74) is 5.60. The van der Waals surface area contributed by atoms with Crippen LogP contribution in [0.15, 0.2) is 59.4 Å². The summed E-state index contributed by atoms with van der Waals surface area (Å²) in [5, 5.41) is 13.7. The Morgan fingerprint density at radius 2 is 1.97 bits per heavy atom. The van der Waals surface area contributed by atoms with Gasteiger partial charge in [-0.3, -0.25) is 4.68 Å². The Labute approximate surface area is 206 Å². The van der Waals surface area contributed by atoms with E-state index in [1.165, 1.54) is 0 Å². The highest BCUT2D eigenvalue weighted by atomic mass is 35.5. The van der Waals surface area contributed by atoms with Gasteiger partial charge in [-0.25, -0.2) is 9.97 Å². The van der Waals surface area contributed by atoms with Crippen LogP contribution in [0.3, 0.4) is 0 Å². The van der Waals surface area contributed by atoms with Crippen molar-refractivity contribution in [1.29, 1.82) is 0 Å². The molecule has 0 spiro atoms. The van der Waals surface area contributed by atoms with Gasteiger partial charge in [-0.1, -0.05) is 35.0 Å². The minimum atomic E-state index is 0.266. The zero-order valence-electron chi connectivity index (χ0n) is 19.3. The normalized spacial score (nSPS) is 13.8. The van der Waals surface area contributed by atoms with Gasteiger partial charge in [0.1, 0.15) is 11.6 Å². The molecule has 176 valence electrons. The van der Waals surface area contributed by atoms with Crippen LogP contribution in [0.2, 0.25) is 5.02 Å². The summed E-state index contributed by atoms with van der Waals surface area (Å²) in [5.74, 6) is 2.13. The van der Waals surface area contributed by atoms with E-state index in [-0.39, 0.29) is 6.04 Å². The first-order valence-corrected chi connectivity index (χ1v) is 11.8. The molecule has 4 heterocycles. The summed E-state index contributed by atoms with van der Waals surface area (Å²) in [6.45, 7) is 5.79. The molecule has 1 fully saturated rings. The van der Waals surface area contributed by atoms with Crippen LogP contribution in [0.5, 0.6) is 0 Å². The van der Waals surface area contributed by atoms with Gasteiger partial charge in [0.25, 0.3) is 0 Å². The van der Waals surface area contributed by atoms with Crippen LogP contribution in [-0.2, 0) is 11.3 Å². The molecular weight excluding hydrogens is 464 g/mol. The maximum atomic E-state index is 6.19. The van der Waals surface area contributed by atoms with Gasteiger partial charge in [0, 0.05) is 28.7 Å². The van der Waals surface area contributed by atoms with Crippen LogP contribution in [0.25, 0.3) is 33.4 Å². The molecule has 1 aliphatic heterocycles. The van der Waals surface area contributed by atoms with Crippen LogP contribution in [0, 0.1) is 13.8 Å². The number of aryl methyl sites for hydroxylation is 2. The van der Waals surface area contributed by atoms with Crippen LogP contribution in [0.1, 0.15) is 23.1 Å². The molecule has 8 nitrogen and oxygen atoms in total. The predicted molar refractivity (Wildman–Crippen MR) is 134 cm³/mol. The largest absolute Gasteiger partial charge is 0.377 e. The number of benzene rings is 2. The molecule has 5 aromatic rings. The summed E-state index contributed by atoms with van der Waals surface area (Å²) in [4.78, 5) is 9.78. The molecule has 35 heavy (non-hydrogen) atoms. The van der Waals surface area contributed by atoms with Crippen molar-refractivity contribution in [2.24, 2.45) is 0 Å². The van der Waals surface area contributed by atoms with E-state index >= 15 is 0 Å². The molecule has 1 saturated heterocycles. The average molecular weight is 487 g/mol. The van der Waals surface area contributed by atoms with Gasteiger partial charge < -0.3 is 14.6 Å². The van der Waals surface area contributed by atoms with E-state index in [1.807, 2.05) is 61.1 Å². The van der Waals surface area contributed by atoms with Crippen molar-refractivity contribution >= 4 is 28.3 Å². The molecule has 0 saturated carbocycles. The van der Waals surface area contributed by atoms with Gasteiger partial charge in [0.05, 0.1) is 42.2 Å². The molecule has 1 N–H and O–H groups in total. The van der Waals surface area contributed by atoms with E-state index in [1.54, 1.807) is 6.20 Å². The molecule has 0 radical (unpaired) electrons. The molecule has 9 heteroatoms. The number of fused-ring (bicyclic) bond motifs is 1. The van der Waals surface area contributed by atoms with Crippen LogP contribution in [0.4, 0.5) is 5.82 Å². The minimum Gasteiger partial charge on any atom is -0.377 e. The number of nitrogens with one attached hydrogen (secondary N) is 1. The number of anilines is 1. The van der Waals surface area contributed by atoms with Crippen molar-refractivity contribution in [2.75, 3.05) is 18.5 Å². The second-order valence-electron chi connectivity index (χ2n) is 8.71. The Morgan fingerprint density at radius 3 is 2.71 bits per heavy atom. The lowest BCUT2D eigenvalue weighted by atomic mass is 10.0. The minimum absolute atomic E-state index is 0.266. The molecule has 0 unspecified atom stereocenters.